The van der Waals surface area contributed by atoms with Crippen molar-refractivity contribution in [1.29, 1.82) is 0 Å². The van der Waals surface area contributed by atoms with Gasteiger partial charge in [0.1, 0.15) is 0 Å². The second-order valence-corrected chi connectivity index (χ2v) is 8.93. The van der Waals surface area contributed by atoms with Gasteiger partial charge in [0, 0.05) is 31.2 Å². The number of benzene rings is 1. The summed E-state index contributed by atoms with van der Waals surface area (Å²) >= 11 is 0. The summed E-state index contributed by atoms with van der Waals surface area (Å²) in [6.45, 7) is 12.4. The van der Waals surface area contributed by atoms with Gasteiger partial charge in [0.15, 0.2) is 5.78 Å². The molecule has 146 valence electrons. The lowest BCUT2D eigenvalue weighted by molar-refractivity contribution is -0.115. The molecule has 0 saturated heterocycles. The molecule has 0 spiro atoms. The number of carbonyl (C=O) groups excluding carboxylic acids is 1. The van der Waals surface area contributed by atoms with Crippen LogP contribution in [0.25, 0.3) is 0 Å². The number of hydrogen-bond acceptors (Lipinski definition) is 2. The average molecular weight is 366 g/mol. The fraction of sp³-hybridized carbons (Fsp3) is 0.560. The van der Waals surface area contributed by atoms with E-state index in [1.807, 2.05) is 12.1 Å². The van der Waals surface area contributed by atoms with E-state index >= 15 is 0 Å². The van der Waals surface area contributed by atoms with Gasteiger partial charge in [-0.15, -0.1) is 12.3 Å². The molecule has 0 heterocycles. The number of carbonyl (C=O) groups is 1. The quantitative estimate of drug-likeness (QED) is 0.611. The van der Waals surface area contributed by atoms with Gasteiger partial charge in [-0.3, -0.25) is 4.79 Å². The Morgan fingerprint density at radius 3 is 2.48 bits per heavy atom. The van der Waals surface area contributed by atoms with E-state index in [1.54, 1.807) is 0 Å². The van der Waals surface area contributed by atoms with Crippen LogP contribution in [0.3, 0.4) is 0 Å². The number of ketones is 1. The van der Waals surface area contributed by atoms with Crippen molar-refractivity contribution in [3.63, 3.8) is 0 Å². The summed E-state index contributed by atoms with van der Waals surface area (Å²) in [5.41, 5.74) is 2.51. The zero-order valence-corrected chi connectivity index (χ0v) is 17.6. The van der Waals surface area contributed by atoms with Crippen LogP contribution in [0.1, 0.15) is 65.4 Å². The van der Waals surface area contributed by atoms with E-state index in [0.717, 1.165) is 25.1 Å². The molecule has 4 atom stereocenters. The molecule has 0 aromatic heterocycles. The minimum atomic E-state index is 0.177. The van der Waals surface area contributed by atoms with Gasteiger partial charge in [0.25, 0.3) is 0 Å². The largest absolute Gasteiger partial charge is 0.388 e. The molecule has 1 aromatic carbocycles. The van der Waals surface area contributed by atoms with Gasteiger partial charge < -0.3 is 5.32 Å². The molecule has 0 radical (unpaired) electrons. The van der Waals surface area contributed by atoms with Gasteiger partial charge in [-0.05, 0) is 41.1 Å². The number of hydrogen-bond donors (Lipinski definition) is 1. The van der Waals surface area contributed by atoms with Crippen LogP contribution < -0.4 is 5.32 Å². The van der Waals surface area contributed by atoms with E-state index in [9.17, 15) is 4.79 Å². The van der Waals surface area contributed by atoms with Crippen molar-refractivity contribution in [3.8, 4) is 12.3 Å². The first-order valence-corrected chi connectivity index (χ1v) is 10.2. The monoisotopic (exact) mass is 365 g/mol. The molecule has 2 nitrogen and oxygen atoms in total. The molecule has 1 aliphatic carbocycles. The summed E-state index contributed by atoms with van der Waals surface area (Å²) in [5.74, 6) is 4.82. The highest BCUT2D eigenvalue weighted by Crippen LogP contribution is 2.40. The van der Waals surface area contributed by atoms with Crippen LogP contribution in [0.15, 0.2) is 42.1 Å². The lowest BCUT2D eigenvalue weighted by Gasteiger charge is -2.40. The third-order valence-electron chi connectivity index (χ3n) is 6.89. The number of allylic oxidation sites excluding steroid dienone is 2. The van der Waals surface area contributed by atoms with E-state index in [2.05, 4.69) is 70.1 Å². The first-order valence-electron chi connectivity index (χ1n) is 10.2. The molecule has 1 aliphatic rings. The topological polar surface area (TPSA) is 29.1 Å². The third-order valence-corrected chi connectivity index (χ3v) is 6.89. The predicted octanol–water partition coefficient (Wildman–Crippen LogP) is 5.56. The smallest absolute Gasteiger partial charge is 0.158 e. The highest BCUT2D eigenvalue weighted by Gasteiger charge is 2.34. The minimum absolute atomic E-state index is 0.177. The maximum Gasteiger partial charge on any atom is 0.158 e. The van der Waals surface area contributed by atoms with Crippen molar-refractivity contribution in [2.75, 3.05) is 6.54 Å². The Bertz CT molecular complexity index is 695. The highest BCUT2D eigenvalue weighted by atomic mass is 16.1. The molecule has 0 aliphatic heterocycles. The van der Waals surface area contributed by atoms with Crippen LogP contribution in [0.4, 0.5) is 0 Å². The van der Waals surface area contributed by atoms with Crippen LogP contribution >= 0.6 is 0 Å². The van der Waals surface area contributed by atoms with Gasteiger partial charge in [-0.1, -0.05) is 65.0 Å². The summed E-state index contributed by atoms with van der Waals surface area (Å²) in [6.07, 6.45) is 9.67. The predicted molar refractivity (Wildman–Crippen MR) is 114 cm³/mol. The van der Waals surface area contributed by atoms with Crippen molar-refractivity contribution in [1.82, 2.24) is 5.32 Å². The summed E-state index contributed by atoms with van der Waals surface area (Å²) in [6, 6.07) is 10.4. The molecule has 0 bridgehead atoms. The molecular weight excluding hydrogens is 330 g/mol. The SMILES string of the molecule is C#CC[C@@H](C)C(C)(C)[C@@H](C)[C@@H](C)CNC1=CC(=O)CC(c2ccccc2)C1. The zero-order chi connectivity index (χ0) is 20.0. The second kappa shape index (κ2) is 9.27. The molecule has 1 aromatic rings. The summed E-state index contributed by atoms with van der Waals surface area (Å²) < 4.78 is 0. The van der Waals surface area contributed by atoms with Crippen molar-refractivity contribution in [3.05, 3.63) is 47.7 Å². The van der Waals surface area contributed by atoms with Crippen LogP contribution in [0.5, 0.6) is 0 Å². The first-order chi connectivity index (χ1) is 12.8. The van der Waals surface area contributed by atoms with Crippen molar-refractivity contribution in [2.45, 2.75) is 59.8 Å². The Hall–Kier alpha value is -2.01. The molecule has 0 amide bonds. The number of rotatable bonds is 8. The first kappa shape index (κ1) is 21.3. The van der Waals surface area contributed by atoms with E-state index in [4.69, 9.17) is 6.42 Å². The highest BCUT2D eigenvalue weighted by molar-refractivity contribution is 5.91. The Morgan fingerprint density at radius 2 is 1.85 bits per heavy atom. The summed E-state index contributed by atoms with van der Waals surface area (Å²) in [5, 5.41) is 3.58. The molecule has 2 heteroatoms. The standard InChI is InChI=1S/C25H35NO/c1-7-11-19(3)25(5,6)20(4)18(2)17-26-23-14-22(15-24(27)16-23)21-12-9-8-10-13-21/h1,8-10,12-13,16,18-20,22,26H,11,14-15,17H2,2-6H3/t18-,19+,20-,22?/m0/s1. The fourth-order valence-corrected chi connectivity index (χ4v) is 4.07. The summed E-state index contributed by atoms with van der Waals surface area (Å²) in [7, 11) is 0. The fourth-order valence-electron chi connectivity index (χ4n) is 4.07. The molecular formula is C25H35NO. The summed E-state index contributed by atoms with van der Waals surface area (Å²) in [4.78, 5) is 12.2. The van der Waals surface area contributed by atoms with E-state index < -0.39 is 0 Å². The lowest BCUT2D eigenvalue weighted by Crippen LogP contribution is -2.37. The third kappa shape index (κ3) is 5.48. The average Bonchev–Trinajstić information content (AvgIpc) is 2.66. The van der Waals surface area contributed by atoms with Gasteiger partial charge in [-0.2, -0.15) is 0 Å². The molecule has 0 saturated carbocycles. The van der Waals surface area contributed by atoms with Crippen molar-refractivity contribution in [2.24, 2.45) is 23.2 Å². The minimum Gasteiger partial charge on any atom is -0.388 e. The zero-order valence-electron chi connectivity index (χ0n) is 17.6. The van der Waals surface area contributed by atoms with Gasteiger partial charge in [0.2, 0.25) is 0 Å². The molecule has 1 unspecified atom stereocenters. The Kier molecular flexibility index (Phi) is 7.31. The molecule has 2 rings (SSSR count). The van der Waals surface area contributed by atoms with Gasteiger partial charge in [-0.25, -0.2) is 0 Å². The van der Waals surface area contributed by atoms with E-state index in [1.165, 1.54) is 5.56 Å². The van der Waals surface area contributed by atoms with Gasteiger partial charge in [0.05, 0.1) is 0 Å². The molecule has 0 fully saturated rings. The Morgan fingerprint density at radius 1 is 1.19 bits per heavy atom. The molecule has 27 heavy (non-hydrogen) atoms. The van der Waals surface area contributed by atoms with Crippen molar-refractivity contribution < 1.29 is 4.79 Å². The molecule has 1 N–H and O–H groups in total. The van der Waals surface area contributed by atoms with Crippen LogP contribution in [-0.4, -0.2) is 12.3 Å². The maximum atomic E-state index is 12.2. The number of nitrogens with one attached hydrogen (secondary N) is 1. The number of terminal acetylenes is 1. The van der Waals surface area contributed by atoms with Crippen LogP contribution in [0, 0.1) is 35.5 Å². The van der Waals surface area contributed by atoms with E-state index in [-0.39, 0.29) is 17.1 Å². The van der Waals surface area contributed by atoms with Crippen molar-refractivity contribution >= 4 is 5.78 Å². The normalized spacial score (nSPS) is 21.0. The lowest BCUT2D eigenvalue weighted by atomic mass is 9.65. The maximum absolute atomic E-state index is 12.2. The Labute approximate surface area is 165 Å². The van der Waals surface area contributed by atoms with Crippen LogP contribution in [-0.2, 0) is 4.79 Å². The van der Waals surface area contributed by atoms with E-state index in [0.29, 0.717) is 24.2 Å². The Balaban J connectivity index is 1.96. The van der Waals surface area contributed by atoms with Gasteiger partial charge >= 0.3 is 0 Å². The van der Waals surface area contributed by atoms with Crippen LogP contribution in [0.2, 0.25) is 0 Å². The second-order valence-electron chi connectivity index (χ2n) is 8.93.